The standard InChI is InChI=1S/C16H18N4O/c1-21-16(4-2-3-5-16)12-6-13-14(11-7-19-20-8-11)10-18-15(13)17-9-12/h6-10H,2-5H2,1H3,(H,17,18)(H,19,20). The molecule has 3 aromatic rings. The molecule has 5 heteroatoms. The van der Waals surface area contributed by atoms with Crippen LogP contribution in [0.5, 0.6) is 0 Å². The molecule has 108 valence electrons. The van der Waals surface area contributed by atoms with E-state index in [-0.39, 0.29) is 5.60 Å². The van der Waals surface area contributed by atoms with E-state index in [2.05, 4.69) is 26.2 Å². The number of methoxy groups -OCH3 is 1. The maximum atomic E-state index is 5.87. The average molecular weight is 282 g/mol. The molecule has 0 aliphatic heterocycles. The molecule has 3 aromatic heterocycles. The normalized spacial score (nSPS) is 17.6. The number of nitrogens with zero attached hydrogens (tertiary/aromatic N) is 2. The third kappa shape index (κ3) is 1.88. The zero-order valence-corrected chi connectivity index (χ0v) is 12.0. The summed E-state index contributed by atoms with van der Waals surface area (Å²) in [5.74, 6) is 0. The summed E-state index contributed by atoms with van der Waals surface area (Å²) in [5.41, 5.74) is 4.11. The number of fused-ring (bicyclic) bond motifs is 1. The minimum Gasteiger partial charge on any atom is -0.373 e. The van der Waals surface area contributed by atoms with Gasteiger partial charge in [0.25, 0.3) is 0 Å². The first-order chi connectivity index (χ1) is 10.3. The molecule has 0 bridgehead atoms. The Balaban J connectivity index is 1.87. The van der Waals surface area contributed by atoms with Gasteiger partial charge < -0.3 is 9.72 Å². The van der Waals surface area contributed by atoms with Crippen molar-refractivity contribution in [2.24, 2.45) is 0 Å². The van der Waals surface area contributed by atoms with Gasteiger partial charge in [-0.25, -0.2) is 4.98 Å². The molecule has 1 saturated carbocycles. The summed E-state index contributed by atoms with van der Waals surface area (Å²) in [5, 5.41) is 8.02. The number of hydrogen-bond donors (Lipinski definition) is 2. The molecule has 0 amide bonds. The Morgan fingerprint density at radius 3 is 2.76 bits per heavy atom. The molecule has 5 nitrogen and oxygen atoms in total. The lowest BCUT2D eigenvalue weighted by Crippen LogP contribution is -2.24. The zero-order valence-electron chi connectivity index (χ0n) is 12.0. The van der Waals surface area contributed by atoms with Crippen molar-refractivity contribution in [3.8, 4) is 11.1 Å². The summed E-state index contributed by atoms with van der Waals surface area (Å²) in [7, 11) is 1.81. The quantitative estimate of drug-likeness (QED) is 0.774. The molecule has 0 radical (unpaired) electrons. The van der Waals surface area contributed by atoms with Gasteiger partial charge in [0.05, 0.1) is 11.8 Å². The van der Waals surface area contributed by atoms with Crippen molar-refractivity contribution in [2.75, 3.05) is 7.11 Å². The minimum atomic E-state index is -0.161. The van der Waals surface area contributed by atoms with Crippen LogP contribution in [0.4, 0.5) is 0 Å². The van der Waals surface area contributed by atoms with Crippen molar-refractivity contribution < 1.29 is 4.74 Å². The van der Waals surface area contributed by atoms with Crippen LogP contribution in [0.3, 0.4) is 0 Å². The molecule has 1 fully saturated rings. The number of rotatable bonds is 3. The summed E-state index contributed by atoms with van der Waals surface area (Å²) in [4.78, 5) is 7.81. The van der Waals surface area contributed by atoms with Gasteiger partial charge in [0.15, 0.2) is 0 Å². The number of H-pyrrole nitrogens is 2. The second-order valence-corrected chi connectivity index (χ2v) is 5.72. The Hall–Kier alpha value is -2.14. The van der Waals surface area contributed by atoms with Gasteiger partial charge in [-0.2, -0.15) is 5.10 Å². The van der Waals surface area contributed by atoms with Crippen LogP contribution < -0.4 is 0 Å². The van der Waals surface area contributed by atoms with E-state index in [9.17, 15) is 0 Å². The van der Waals surface area contributed by atoms with Crippen LogP contribution in [-0.2, 0) is 10.3 Å². The first-order valence-electron chi connectivity index (χ1n) is 7.34. The molecular formula is C16H18N4O. The number of ether oxygens (including phenoxy) is 1. The molecule has 0 atom stereocenters. The topological polar surface area (TPSA) is 66.6 Å². The predicted molar refractivity (Wildman–Crippen MR) is 80.8 cm³/mol. The number of hydrogen-bond acceptors (Lipinski definition) is 3. The number of aromatic amines is 2. The number of nitrogens with one attached hydrogen (secondary N) is 2. The number of aromatic nitrogens is 4. The van der Waals surface area contributed by atoms with E-state index in [4.69, 9.17) is 4.74 Å². The van der Waals surface area contributed by atoms with Crippen LogP contribution in [0.1, 0.15) is 31.2 Å². The summed E-state index contributed by atoms with van der Waals surface area (Å²) >= 11 is 0. The van der Waals surface area contributed by atoms with Crippen LogP contribution in [0.2, 0.25) is 0 Å². The Labute approximate surface area is 122 Å². The van der Waals surface area contributed by atoms with Gasteiger partial charge in [-0.15, -0.1) is 0 Å². The van der Waals surface area contributed by atoms with Crippen molar-refractivity contribution in [2.45, 2.75) is 31.3 Å². The summed E-state index contributed by atoms with van der Waals surface area (Å²) < 4.78 is 5.87. The third-order valence-electron chi connectivity index (χ3n) is 4.67. The Morgan fingerprint density at radius 2 is 2.05 bits per heavy atom. The molecule has 0 unspecified atom stereocenters. The van der Waals surface area contributed by atoms with Crippen molar-refractivity contribution >= 4 is 11.0 Å². The molecular weight excluding hydrogens is 264 g/mol. The molecule has 0 aromatic carbocycles. The fourth-order valence-corrected chi connectivity index (χ4v) is 3.45. The first-order valence-corrected chi connectivity index (χ1v) is 7.34. The predicted octanol–water partition coefficient (Wildman–Crippen LogP) is 3.37. The van der Waals surface area contributed by atoms with Gasteiger partial charge in [-0.05, 0) is 18.9 Å². The molecule has 0 saturated heterocycles. The molecule has 2 N–H and O–H groups in total. The zero-order chi connectivity index (χ0) is 14.3. The van der Waals surface area contributed by atoms with E-state index in [0.717, 1.165) is 35.0 Å². The van der Waals surface area contributed by atoms with Crippen LogP contribution >= 0.6 is 0 Å². The number of pyridine rings is 1. The van der Waals surface area contributed by atoms with Gasteiger partial charge in [-0.3, -0.25) is 5.10 Å². The summed E-state index contributed by atoms with van der Waals surface area (Å²) in [6.07, 6.45) is 12.2. The van der Waals surface area contributed by atoms with E-state index in [0.29, 0.717) is 0 Å². The second kappa shape index (κ2) is 4.70. The fourth-order valence-electron chi connectivity index (χ4n) is 3.45. The third-order valence-corrected chi connectivity index (χ3v) is 4.67. The van der Waals surface area contributed by atoms with E-state index < -0.39 is 0 Å². The van der Waals surface area contributed by atoms with Gasteiger partial charge in [0, 0.05) is 47.8 Å². The lowest BCUT2D eigenvalue weighted by Gasteiger charge is -2.27. The SMILES string of the molecule is COC1(c2cnc3[nH]cc(-c4cn[nH]c4)c3c2)CCCC1. The highest BCUT2D eigenvalue weighted by Crippen LogP contribution is 2.42. The Morgan fingerprint density at radius 1 is 1.19 bits per heavy atom. The molecule has 1 aliphatic carbocycles. The van der Waals surface area contributed by atoms with Crippen molar-refractivity contribution in [1.29, 1.82) is 0 Å². The maximum absolute atomic E-state index is 5.87. The Kier molecular flexibility index (Phi) is 2.82. The van der Waals surface area contributed by atoms with Crippen LogP contribution in [0, 0.1) is 0 Å². The lowest BCUT2D eigenvalue weighted by molar-refractivity contribution is -0.00884. The molecule has 3 heterocycles. The highest BCUT2D eigenvalue weighted by atomic mass is 16.5. The average Bonchev–Trinajstić information content (AvgIpc) is 3.26. The smallest absolute Gasteiger partial charge is 0.137 e. The summed E-state index contributed by atoms with van der Waals surface area (Å²) in [6, 6.07) is 2.22. The fraction of sp³-hybridized carbons (Fsp3) is 0.375. The van der Waals surface area contributed by atoms with Crippen molar-refractivity contribution in [3.05, 3.63) is 36.4 Å². The van der Waals surface area contributed by atoms with Crippen LogP contribution in [-0.4, -0.2) is 27.3 Å². The Bertz CT molecular complexity index is 754. The van der Waals surface area contributed by atoms with E-state index in [1.165, 1.54) is 18.4 Å². The van der Waals surface area contributed by atoms with Crippen molar-refractivity contribution in [3.63, 3.8) is 0 Å². The van der Waals surface area contributed by atoms with Gasteiger partial charge in [-0.1, -0.05) is 12.8 Å². The van der Waals surface area contributed by atoms with Gasteiger partial charge in [0.2, 0.25) is 0 Å². The maximum Gasteiger partial charge on any atom is 0.137 e. The molecule has 0 spiro atoms. The molecule has 1 aliphatic rings. The monoisotopic (exact) mass is 282 g/mol. The highest BCUT2D eigenvalue weighted by molar-refractivity contribution is 5.93. The van der Waals surface area contributed by atoms with E-state index in [1.807, 2.05) is 31.9 Å². The minimum absolute atomic E-state index is 0.161. The van der Waals surface area contributed by atoms with Crippen LogP contribution in [0.15, 0.2) is 30.9 Å². The highest BCUT2D eigenvalue weighted by Gasteiger charge is 2.36. The molecule has 4 rings (SSSR count). The largest absolute Gasteiger partial charge is 0.373 e. The van der Waals surface area contributed by atoms with Gasteiger partial charge in [0.1, 0.15) is 5.65 Å². The lowest BCUT2D eigenvalue weighted by atomic mass is 9.92. The molecule has 21 heavy (non-hydrogen) atoms. The van der Waals surface area contributed by atoms with Crippen molar-refractivity contribution in [1.82, 2.24) is 20.2 Å². The van der Waals surface area contributed by atoms with Gasteiger partial charge >= 0.3 is 0 Å². The van der Waals surface area contributed by atoms with Crippen LogP contribution in [0.25, 0.3) is 22.2 Å². The summed E-state index contributed by atoms with van der Waals surface area (Å²) in [6.45, 7) is 0. The van der Waals surface area contributed by atoms with E-state index >= 15 is 0 Å². The second-order valence-electron chi connectivity index (χ2n) is 5.72. The first kappa shape index (κ1) is 12.6. The van der Waals surface area contributed by atoms with E-state index in [1.54, 1.807) is 0 Å².